The molecule has 0 radical (unpaired) electrons. The lowest BCUT2D eigenvalue weighted by molar-refractivity contribution is -0.141. The quantitative estimate of drug-likeness (QED) is 0.672. The first-order chi connectivity index (χ1) is 10.1. The van der Waals surface area contributed by atoms with Gasteiger partial charge in [0.1, 0.15) is 11.6 Å². The van der Waals surface area contributed by atoms with Crippen LogP contribution >= 0.6 is 11.8 Å². The van der Waals surface area contributed by atoms with Crippen LogP contribution in [0.2, 0.25) is 0 Å². The van der Waals surface area contributed by atoms with Gasteiger partial charge in [-0.05, 0) is 22.2 Å². The molecule has 0 bridgehead atoms. The largest absolute Gasteiger partial charge is 0.468 e. The molecule has 2 aromatic heterocycles. The Morgan fingerprint density at radius 1 is 1.29 bits per heavy atom. The van der Waals surface area contributed by atoms with E-state index in [1.807, 2.05) is 0 Å². The molecule has 0 atom stereocenters. The van der Waals surface area contributed by atoms with E-state index >= 15 is 0 Å². The molecule has 0 N–H and O–H groups in total. The lowest BCUT2D eigenvalue weighted by atomic mass is 10.5. The molecule has 0 aliphatic rings. The third kappa shape index (κ3) is 3.72. The Morgan fingerprint density at radius 2 is 2.10 bits per heavy atom. The maximum atomic E-state index is 11.4. The van der Waals surface area contributed by atoms with Crippen molar-refractivity contribution in [3.8, 4) is 0 Å². The minimum absolute atomic E-state index is 0.0643. The summed E-state index contributed by atoms with van der Waals surface area (Å²) in [5, 5.41) is 11.6. The highest BCUT2D eigenvalue weighted by Gasteiger charge is 2.14. The number of esters is 2. The standard InChI is InChI=1S/C10H10N6O4S/c1-19-8(17)5-16-10(13-14-15-16)21-7-4-11-3-6(12-7)9(18)20-2/h3-4H,5H2,1-2H3. The predicted molar refractivity (Wildman–Crippen MR) is 67.3 cm³/mol. The minimum atomic E-state index is -0.598. The Bertz CT molecular complexity index is 661. The van der Waals surface area contributed by atoms with Gasteiger partial charge in [0.2, 0.25) is 5.16 Å². The first kappa shape index (κ1) is 14.8. The van der Waals surface area contributed by atoms with Crippen molar-refractivity contribution >= 4 is 23.7 Å². The molecule has 0 aliphatic heterocycles. The van der Waals surface area contributed by atoms with E-state index < -0.39 is 11.9 Å². The van der Waals surface area contributed by atoms with E-state index in [9.17, 15) is 9.59 Å². The zero-order valence-electron chi connectivity index (χ0n) is 11.1. The van der Waals surface area contributed by atoms with Crippen molar-refractivity contribution in [2.45, 2.75) is 16.7 Å². The number of hydrogen-bond donors (Lipinski definition) is 0. The van der Waals surface area contributed by atoms with Crippen molar-refractivity contribution in [1.82, 2.24) is 30.2 Å². The molecule has 2 rings (SSSR count). The summed E-state index contributed by atoms with van der Waals surface area (Å²) in [4.78, 5) is 30.6. The summed E-state index contributed by atoms with van der Waals surface area (Å²) in [6, 6.07) is 0. The zero-order valence-corrected chi connectivity index (χ0v) is 11.9. The maximum absolute atomic E-state index is 11.4. The average molecular weight is 310 g/mol. The summed E-state index contributed by atoms with van der Waals surface area (Å²) in [6.45, 7) is -0.129. The summed E-state index contributed by atoms with van der Waals surface area (Å²) in [5.41, 5.74) is 0.0643. The number of nitrogens with zero attached hydrogens (tertiary/aromatic N) is 6. The lowest BCUT2D eigenvalue weighted by Gasteiger charge is -2.03. The fourth-order valence-electron chi connectivity index (χ4n) is 1.25. The summed E-state index contributed by atoms with van der Waals surface area (Å²) < 4.78 is 10.4. The van der Waals surface area contributed by atoms with Crippen LogP contribution in [0.5, 0.6) is 0 Å². The van der Waals surface area contributed by atoms with Crippen molar-refractivity contribution in [2.75, 3.05) is 14.2 Å². The molecule has 0 saturated heterocycles. The van der Waals surface area contributed by atoms with Crippen LogP contribution in [0.3, 0.4) is 0 Å². The Labute approximate surface area is 122 Å². The highest BCUT2D eigenvalue weighted by atomic mass is 32.2. The SMILES string of the molecule is COC(=O)Cn1nnnc1Sc1cncc(C(=O)OC)n1. The van der Waals surface area contributed by atoms with Gasteiger partial charge < -0.3 is 9.47 Å². The van der Waals surface area contributed by atoms with Gasteiger partial charge in [-0.25, -0.2) is 14.5 Å². The van der Waals surface area contributed by atoms with Gasteiger partial charge in [0.25, 0.3) is 0 Å². The molecule has 110 valence electrons. The van der Waals surface area contributed by atoms with Gasteiger partial charge in [0.05, 0.1) is 26.6 Å². The highest BCUT2D eigenvalue weighted by molar-refractivity contribution is 7.99. The minimum Gasteiger partial charge on any atom is -0.468 e. The van der Waals surface area contributed by atoms with Crippen LogP contribution in [0, 0.1) is 0 Å². The second-order valence-corrected chi connectivity index (χ2v) is 4.52. The van der Waals surface area contributed by atoms with Gasteiger partial charge in [0.15, 0.2) is 5.69 Å². The molecular formula is C10H10N6O4S. The third-order valence-corrected chi connectivity index (χ3v) is 3.09. The lowest BCUT2D eigenvalue weighted by Crippen LogP contribution is -2.13. The van der Waals surface area contributed by atoms with E-state index in [1.165, 1.54) is 31.3 Å². The number of carbonyl (C=O) groups excluding carboxylic acids is 2. The monoisotopic (exact) mass is 310 g/mol. The van der Waals surface area contributed by atoms with Crippen LogP contribution < -0.4 is 0 Å². The molecule has 0 saturated carbocycles. The Hall–Kier alpha value is -2.56. The Kier molecular flexibility index (Phi) is 4.77. The van der Waals surface area contributed by atoms with Crippen LogP contribution in [0.15, 0.2) is 22.6 Å². The summed E-state index contributed by atoms with van der Waals surface area (Å²) in [5.74, 6) is -1.09. The number of methoxy groups -OCH3 is 2. The molecule has 10 nitrogen and oxygen atoms in total. The van der Waals surface area contributed by atoms with Crippen LogP contribution in [-0.2, 0) is 20.8 Å². The van der Waals surface area contributed by atoms with Crippen molar-refractivity contribution < 1.29 is 19.1 Å². The number of rotatable bonds is 5. The molecule has 0 aliphatic carbocycles. The summed E-state index contributed by atoms with van der Waals surface area (Å²) >= 11 is 1.05. The van der Waals surface area contributed by atoms with Crippen molar-refractivity contribution in [3.63, 3.8) is 0 Å². The molecule has 0 aromatic carbocycles. The maximum Gasteiger partial charge on any atom is 0.358 e. The summed E-state index contributed by atoms with van der Waals surface area (Å²) in [6.07, 6.45) is 2.72. The van der Waals surface area contributed by atoms with E-state index in [4.69, 9.17) is 0 Å². The van der Waals surface area contributed by atoms with Gasteiger partial charge in [-0.15, -0.1) is 5.10 Å². The van der Waals surface area contributed by atoms with Crippen LogP contribution in [-0.4, -0.2) is 56.3 Å². The highest BCUT2D eigenvalue weighted by Crippen LogP contribution is 2.22. The van der Waals surface area contributed by atoms with E-state index in [0.717, 1.165) is 11.8 Å². The average Bonchev–Trinajstić information content (AvgIpc) is 2.93. The molecule has 0 unspecified atom stereocenters. The topological polar surface area (TPSA) is 122 Å². The number of carbonyl (C=O) groups is 2. The molecule has 0 fully saturated rings. The predicted octanol–water partition coefficient (Wildman–Crippen LogP) is -0.426. The Balaban J connectivity index is 2.17. The van der Waals surface area contributed by atoms with E-state index in [2.05, 4.69) is 35.0 Å². The first-order valence-electron chi connectivity index (χ1n) is 5.55. The number of ether oxygens (including phenoxy) is 2. The van der Waals surface area contributed by atoms with Crippen molar-refractivity contribution in [3.05, 3.63) is 18.1 Å². The van der Waals surface area contributed by atoms with Gasteiger partial charge in [-0.3, -0.25) is 9.78 Å². The van der Waals surface area contributed by atoms with Gasteiger partial charge in [-0.2, -0.15) is 0 Å². The second kappa shape index (κ2) is 6.74. The van der Waals surface area contributed by atoms with Gasteiger partial charge in [-0.1, -0.05) is 0 Å². The van der Waals surface area contributed by atoms with E-state index in [0.29, 0.717) is 10.2 Å². The van der Waals surface area contributed by atoms with Gasteiger partial charge >= 0.3 is 11.9 Å². The summed E-state index contributed by atoms with van der Waals surface area (Å²) in [7, 11) is 2.52. The zero-order chi connectivity index (χ0) is 15.2. The molecule has 11 heteroatoms. The second-order valence-electron chi connectivity index (χ2n) is 3.53. The van der Waals surface area contributed by atoms with Crippen molar-refractivity contribution in [2.24, 2.45) is 0 Å². The first-order valence-corrected chi connectivity index (χ1v) is 6.37. The fraction of sp³-hybridized carbons (Fsp3) is 0.300. The number of aromatic nitrogens is 6. The van der Waals surface area contributed by atoms with E-state index in [-0.39, 0.29) is 12.2 Å². The smallest absolute Gasteiger partial charge is 0.358 e. The normalized spacial score (nSPS) is 10.2. The van der Waals surface area contributed by atoms with Crippen LogP contribution in [0.4, 0.5) is 0 Å². The number of tetrazole rings is 1. The molecule has 2 heterocycles. The van der Waals surface area contributed by atoms with Crippen LogP contribution in [0.1, 0.15) is 10.5 Å². The molecular weight excluding hydrogens is 300 g/mol. The molecule has 21 heavy (non-hydrogen) atoms. The fourth-order valence-corrected chi connectivity index (χ4v) is 1.98. The van der Waals surface area contributed by atoms with E-state index in [1.54, 1.807) is 0 Å². The molecule has 0 amide bonds. The third-order valence-electron chi connectivity index (χ3n) is 2.21. The van der Waals surface area contributed by atoms with Gasteiger partial charge in [0, 0.05) is 0 Å². The van der Waals surface area contributed by atoms with Crippen molar-refractivity contribution in [1.29, 1.82) is 0 Å². The number of hydrogen-bond acceptors (Lipinski definition) is 10. The molecule has 0 spiro atoms. The molecule has 2 aromatic rings. The Morgan fingerprint density at radius 3 is 2.81 bits per heavy atom. The van der Waals surface area contributed by atoms with Crippen LogP contribution in [0.25, 0.3) is 0 Å².